The molecule has 0 saturated heterocycles. The number of anilines is 1. The van der Waals surface area contributed by atoms with Gasteiger partial charge in [-0.15, -0.1) is 22.7 Å². The van der Waals surface area contributed by atoms with Crippen molar-refractivity contribution in [1.82, 2.24) is 5.32 Å². The van der Waals surface area contributed by atoms with E-state index in [9.17, 15) is 9.59 Å². The summed E-state index contributed by atoms with van der Waals surface area (Å²) in [5.41, 5.74) is 0.104. The Balaban J connectivity index is 1.80. The van der Waals surface area contributed by atoms with Gasteiger partial charge in [0.2, 0.25) is 0 Å². The van der Waals surface area contributed by atoms with E-state index < -0.39 is 12.0 Å². The maximum absolute atomic E-state index is 11.7. The number of amides is 2. The molecule has 0 bridgehead atoms. The lowest BCUT2D eigenvalue weighted by Crippen LogP contribution is -2.30. The Bertz CT molecular complexity index is 624. The highest BCUT2D eigenvalue weighted by molar-refractivity contribution is 9.11. The molecule has 2 aromatic heterocycles. The molecule has 2 amide bonds. The first-order valence-corrected chi connectivity index (χ1v) is 8.15. The second kappa shape index (κ2) is 6.87. The molecule has 0 spiro atoms. The number of aromatic carboxylic acids is 1. The van der Waals surface area contributed by atoms with Crippen LogP contribution >= 0.6 is 38.6 Å². The molecule has 0 aromatic carbocycles. The van der Waals surface area contributed by atoms with Crippen molar-refractivity contribution in [2.45, 2.75) is 6.42 Å². The van der Waals surface area contributed by atoms with Crippen LogP contribution in [0.15, 0.2) is 27.4 Å². The number of rotatable bonds is 5. The van der Waals surface area contributed by atoms with Crippen LogP contribution in [0.4, 0.5) is 9.80 Å². The average Bonchev–Trinajstić information content (AvgIpc) is 2.98. The van der Waals surface area contributed by atoms with Crippen LogP contribution in [0.5, 0.6) is 0 Å². The van der Waals surface area contributed by atoms with Gasteiger partial charge in [-0.2, -0.15) is 0 Å². The second-order valence-corrected chi connectivity index (χ2v) is 7.27. The SMILES string of the molecule is O=C(NCCc1ccc(Br)s1)Nc1sccc1C(=O)O. The van der Waals surface area contributed by atoms with Crippen LogP contribution in [0.1, 0.15) is 15.2 Å². The second-order valence-electron chi connectivity index (χ2n) is 3.81. The van der Waals surface area contributed by atoms with Crippen LogP contribution in [0.2, 0.25) is 0 Å². The molecule has 20 heavy (non-hydrogen) atoms. The molecule has 106 valence electrons. The van der Waals surface area contributed by atoms with Crippen molar-refractivity contribution in [3.63, 3.8) is 0 Å². The molecular formula is C12H11BrN2O3S2. The number of nitrogens with one attached hydrogen (secondary N) is 2. The third kappa shape index (κ3) is 4.06. The van der Waals surface area contributed by atoms with Crippen molar-refractivity contribution in [3.8, 4) is 0 Å². The molecule has 2 heterocycles. The Hall–Kier alpha value is -1.38. The fraction of sp³-hybridized carbons (Fsp3) is 0.167. The topological polar surface area (TPSA) is 78.4 Å². The summed E-state index contributed by atoms with van der Waals surface area (Å²) in [6.45, 7) is 0.493. The highest BCUT2D eigenvalue weighted by atomic mass is 79.9. The van der Waals surface area contributed by atoms with Gasteiger partial charge in [0.15, 0.2) is 0 Å². The third-order valence-corrected chi connectivity index (χ3v) is 4.92. The predicted octanol–water partition coefficient (Wildman–Crippen LogP) is 3.63. The maximum Gasteiger partial charge on any atom is 0.338 e. The zero-order chi connectivity index (χ0) is 14.5. The Labute approximate surface area is 131 Å². The summed E-state index contributed by atoms with van der Waals surface area (Å²) in [6.07, 6.45) is 0.736. The lowest BCUT2D eigenvalue weighted by atomic mass is 10.3. The number of halogens is 1. The maximum atomic E-state index is 11.7. The van der Waals surface area contributed by atoms with E-state index in [2.05, 4.69) is 26.6 Å². The van der Waals surface area contributed by atoms with Crippen LogP contribution < -0.4 is 10.6 Å². The Kier molecular flexibility index (Phi) is 5.16. The van der Waals surface area contributed by atoms with E-state index in [4.69, 9.17) is 5.11 Å². The molecule has 0 saturated carbocycles. The lowest BCUT2D eigenvalue weighted by molar-refractivity contribution is 0.0698. The zero-order valence-corrected chi connectivity index (χ0v) is 13.4. The van der Waals surface area contributed by atoms with Crippen molar-refractivity contribution in [2.24, 2.45) is 0 Å². The molecule has 3 N–H and O–H groups in total. The van der Waals surface area contributed by atoms with Crippen LogP contribution in [0.25, 0.3) is 0 Å². The van der Waals surface area contributed by atoms with Crippen molar-refractivity contribution < 1.29 is 14.7 Å². The Morgan fingerprint density at radius 3 is 2.75 bits per heavy atom. The number of hydrogen-bond acceptors (Lipinski definition) is 4. The molecule has 2 rings (SSSR count). The van der Waals surface area contributed by atoms with Crippen molar-refractivity contribution in [3.05, 3.63) is 37.8 Å². The van der Waals surface area contributed by atoms with Crippen molar-refractivity contribution in [1.29, 1.82) is 0 Å². The van der Waals surface area contributed by atoms with Gasteiger partial charge in [0.1, 0.15) is 5.00 Å². The van der Waals surface area contributed by atoms with E-state index in [-0.39, 0.29) is 5.56 Å². The van der Waals surface area contributed by atoms with E-state index >= 15 is 0 Å². The fourth-order valence-corrected chi connectivity index (χ4v) is 3.76. The van der Waals surface area contributed by atoms with E-state index in [0.717, 1.165) is 10.2 Å². The smallest absolute Gasteiger partial charge is 0.338 e. The molecule has 8 heteroatoms. The molecule has 0 aliphatic rings. The molecule has 0 unspecified atom stereocenters. The largest absolute Gasteiger partial charge is 0.478 e. The number of hydrogen-bond donors (Lipinski definition) is 3. The van der Waals surface area contributed by atoms with Gasteiger partial charge < -0.3 is 10.4 Å². The molecule has 5 nitrogen and oxygen atoms in total. The van der Waals surface area contributed by atoms with E-state index in [1.807, 2.05) is 12.1 Å². The Morgan fingerprint density at radius 2 is 2.10 bits per heavy atom. The summed E-state index contributed by atoms with van der Waals surface area (Å²) in [7, 11) is 0. The van der Waals surface area contributed by atoms with Gasteiger partial charge >= 0.3 is 12.0 Å². The van der Waals surface area contributed by atoms with E-state index in [1.165, 1.54) is 22.3 Å². The number of carbonyl (C=O) groups is 2. The molecular weight excluding hydrogens is 364 g/mol. The van der Waals surface area contributed by atoms with Crippen molar-refractivity contribution >= 4 is 55.6 Å². The first kappa shape index (κ1) is 15.0. The van der Waals surface area contributed by atoms with Crippen LogP contribution in [0, 0.1) is 0 Å². The highest BCUT2D eigenvalue weighted by Gasteiger charge is 2.13. The Morgan fingerprint density at radius 1 is 1.30 bits per heavy atom. The zero-order valence-electron chi connectivity index (χ0n) is 10.2. The highest BCUT2D eigenvalue weighted by Crippen LogP contribution is 2.23. The minimum Gasteiger partial charge on any atom is -0.478 e. The molecule has 0 radical (unpaired) electrons. The van der Waals surface area contributed by atoms with Crippen LogP contribution in [0.3, 0.4) is 0 Å². The summed E-state index contributed by atoms with van der Waals surface area (Å²) < 4.78 is 1.06. The number of urea groups is 1. The van der Waals surface area contributed by atoms with Gasteiger partial charge in [0.05, 0.1) is 9.35 Å². The fourth-order valence-electron chi connectivity index (χ4n) is 1.51. The standard InChI is InChI=1S/C12H11BrN2O3S2/c13-9-2-1-7(20-9)3-5-14-12(18)15-10-8(11(16)17)4-6-19-10/h1-2,4,6H,3,5H2,(H,16,17)(H2,14,15,18). The number of thiophene rings is 2. The normalized spacial score (nSPS) is 10.2. The minimum absolute atomic E-state index is 0.104. The monoisotopic (exact) mass is 374 g/mol. The van der Waals surface area contributed by atoms with Gasteiger partial charge in [-0.25, -0.2) is 9.59 Å². The van der Waals surface area contributed by atoms with Gasteiger partial charge in [-0.3, -0.25) is 5.32 Å². The molecule has 0 aliphatic heterocycles. The number of carboxylic acids is 1. The summed E-state index contributed by atoms with van der Waals surface area (Å²) in [6, 6.07) is 5.03. The van der Waals surface area contributed by atoms with E-state index in [0.29, 0.717) is 11.5 Å². The summed E-state index contributed by atoms with van der Waals surface area (Å²) >= 11 is 6.18. The van der Waals surface area contributed by atoms with Gasteiger partial charge in [0.25, 0.3) is 0 Å². The first-order chi connectivity index (χ1) is 9.56. The first-order valence-electron chi connectivity index (χ1n) is 5.66. The number of carboxylic acid groups (broad SMARTS) is 1. The predicted molar refractivity (Wildman–Crippen MR) is 84.0 cm³/mol. The molecule has 0 aliphatic carbocycles. The van der Waals surface area contributed by atoms with Gasteiger partial charge in [-0.05, 0) is 45.9 Å². The van der Waals surface area contributed by atoms with Gasteiger partial charge in [0, 0.05) is 11.4 Å². The quantitative estimate of drug-likeness (QED) is 0.747. The van der Waals surface area contributed by atoms with E-state index in [1.54, 1.807) is 16.7 Å². The number of carbonyl (C=O) groups excluding carboxylic acids is 1. The molecule has 0 fully saturated rings. The summed E-state index contributed by atoms with van der Waals surface area (Å²) in [5.74, 6) is -1.05. The molecule has 2 aromatic rings. The summed E-state index contributed by atoms with van der Waals surface area (Å²) in [5, 5.41) is 16.1. The summed E-state index contributed by atoms with van der Waals surface area (Å²) in [4.78, 5) is 23.7. The third-order valence-electron chi connectivity index (χ3n) is 2.41. The lowest BCUT2D eigenvalue weighted by Gasteiger charge is -2.06. The minimum atomic E-state index is -1.05. The van der Waals surface area contributed by atoms with Gasteiger partial charge in [-0.1, -0.05) is 0 Å². The van der Waals surface area contributed by atoms with Crippen LogP contribution in [-0.2, 0) is 6.42 Å². The average molecular weight is 375 g/mol. The van der Waals surface area contributed by atoms with Crippen LogP contribution in [-0.4, -0.2) is 23.7 Å². The molecule has 0 atom stereocenters. The van der Waals surface area contributed by atoms with Crippen molar-refractivity contribution in [2.75, 3.05) is 11.9 Å².